The van der Waals surface area contributed by atoms with Gasteiger partial charge in [-0.05, 0) is 56.8 Å². The Kier molecular flexibility index (Phi) is 5.20. The first-order valence-corrected chi connectivity index (χ1v) is 7.40. The van der Waals surface area contributed by atoms with Gasteiger partial charge in [0.2, 0.25) is 0 Å². The first-order chi connectivity index (χ1) is 9.20. The Morgan fingerprint density at radius 3 is 2.68 bits per heavy atom. The van der Waals surface area contributed by atoms with Crippen LogP contribution in [0.3, 0.4) is 0 Å². The molecule has 0 bridgehead atoms. The van der Waals surface area contributed by atoms with Gasteiger partial charge in [-0.3, -0.25) is 0 Å². The van der Waals surface area contributed by atoms with E-state index >= 15 is 0 Å². The predicted octanol–water partition coefficient (Wildman–Crippen LogP) is 4.21. The first-order valence-electron chi connectivity index (χ1n) is 7.40. The fourth-order valence-electron chi connectivity index (χ4n) is 2.67. The van der Waals surface area contributed by atoms with E-state index in [1.54, 1.807) is 12.1 Å². The van der Waals surface area contributed by atoms with Gasteiger partial charge in [0.05, 0.1) is 6.10 Å². The lowest BCUT2D eigenvalue weighted by atomic mass is 9.98. The largest absolute Gasteiger partial charge is 0.487 e. The van der Waals surface area contributed by atoms with Gasteiger partial charge >= 0.3 is 0 Å². The molecule has 0 amide bonds. The van der Waals surface area contributed by atoms with Crippen molar-refractivity contribution in [1.29, 1.82) is 0 Å². The quantitative estimate of drug-likeness (QED) is 0.861. The monoisotopic (exact) mass is 265 g/mol. The fourth-order valence-corrected chi connectivity index (χ4v) is 2.67. The second-order valence-corrected chi connectivity index (χ2v) is 5.35. The van der Waals surface area contributed by atoms with Crippen LogP contribution < -0.4 is 10.1 Å². The van der Waals surface area contributed by atoms with E-state index in [9.17, 15) is 4.39 Å². The van der Waals surface area contributed by atoms with Gasteiger partial charge in [0.25, 0.3) is 0 Å². The Morgan fingerprint density at radius 1 is 1.32 bits per heavy atom. The lowest BCUT2D eigenvalue weighted by molar-refractivity contribution is 0.148. The van der Waals surface area contributed by atoms with Crippen LogP contribution in [0.1, 0.15) is 57.6 Å². The zero-order valence-electron chi connectivity index (χ0n) is 11.9. The predicted molar refractivity (Wildman–Crippen MR) is 76.0 cm³/mol. The maximum absolute atomic E-state index is 14.1. The zero-order chi connectivity index (χ0) is 13.7. The minimum atomic E-state index is -0.243. The molecule has 1 fully saturated rings. The van der Waals surface area contributed by atoms with Crippen LogP contribution in [0.15, 0.2) is 18.2 Å². The molecule has 0 radical (unpaired) electrons. The summed E-state index contributed by atoms with van der Waals surface area (Å²) in [7, 11) is 0. The van der Waals surface area contributed by atoms with Crippen LogP contribution in [0.5, 0.6) is 5.75 Å². The summed E-state index contributed by atoms with van der Waals surface area (Å²) >= 11 is 0. The Labute approximate surface area is 115 Å². The summed E-state index contributed by atoms with van der Waals surface area (Å²) < 4.78 is 19.8. The van der Waals surface area contributed by atoms with Crippen LogP contribution in [0.4, 0.5) is 4.39 Å². The molecule has 2 rings (SSSR count). The summed E-state index contributed by atoms with van der Waals surface area (Å²) in [5.41, 5.74) is 0.968. The molecule has 0 heterocycles. The third kappa shape index (κ3) is 3.93. The molecule has 1 N–H and O–H groups in total. The summed E-state index contributed by atoms with van der Waals surface area (Å²) in [5, 5.41) is 3.28. The van der Waals surface area contributed by atoms with Gasteiger partial charge in [-0.15, -0.1) is 0 Å². The maximum Gasteiger partial charge on any atom is 0.165 e. The van der Waals surface area contributed by atoms with E-state index in [1.165, 1.54) is 19.3 Å². The molecule has 1 unspecified atom stereocenters. The molecule has 1 aliphatic carbocycles. The summed E-state index contributed by atoms with van der Waals surface area (Å²) in [6.07, 6.45) is 5.97. The van der Waals surface area contributed by atoms with Gasteiger partial charge in [-0.2, -0.15) is 0 Å². The molecular weight excluding hydrogens is 241 g/mol. The Balaban J connectivity index is 2.01. The Morgan fingerprint density at radius 2 is 2.05 bits per heavy atom. The standard InChI is InChI=1S/C16H24FNO/c1-3-18-12(2)13-9-10-16(15(17)11-13)19-14-7-5-4-6-8-14/h9-12,14,18H,3-8H2,1-2H3. The molecule has 0 aliphatic heterocycles. The van der Waals surface area contributed by atoms with Crippen molar-refractivity contribution in [2.24, 2.45) is 0 Å². The van der Waals surface area contributed by atoms with E-state index < -0.39 is 0 Å². The summed E-state index contributed by atoms with van der Waals surface area (Å²) in [6, 6.07) is 5.48. The Bertz CT molecular complexity index is 402. The molecule has 1 aromatic carbocycles. The molecule has 0 saturated heterocycles. The Hall–Kier alpha value is -1.09. The van der Waals surface area contributed by atoms with Crippen molar-refractivity contribution in [3.8, 4) is 5.75 Å². The normalized spacial score (nSPS) is 18.3. The highest BCUT2D eigenvalue weighted by Gasteiger charge is 2.17. The van der Waals surface area contributed by atoms with Gasteiger partial charge in [-0.1, -0.05) is 19.4 Å². The molecule has 1 atom stereocenters. The number of halogens is 1. The van der Waals surface area contributed by atoms with Gasteiger partial charge in [0.1, 0.15) is 0 Å². The third-order valence-corrected chi connectivity index (χ3v) is 3.81. The minimum Gasteiger partial charge on any atom is -0.487 e. The van der Waals surface area contributed by atoms with Gasteiger partial charge < -0.3 is 10.1 Å². The average molecular weight is 265 g/mol. The van der Waals surface area contributed by atoms with E-state index in [1.807, 2.05) is 19.9 Å². The average Bonchev–Trinajstić information content (AvgIpc) is 2.42. The molecule has 1 aliphatic rings. The van der Waals surface area contributed by atoms with Crippen molar-refractivity contribution >= 4 is 0 Å². The number of benzene rings is 1. The molecule has 3 heteroatoms. The first kappa shape index (κ1) is 14.3. The maximum atomic E-state index is 14.1. The molecule has 1 aromatic rings. The highest BCUT2D eigenvalue weighted by atomic mass is 19.1. The van der Waals surface area contributed by atoms with Gasteiger partial charge in [-0.25, -0.2) is 4.39 Å². The molecule has 2 nitrogen and oxygen atoms in total. The summed E-state index contributed by atoms with van der Waals surface area (Å²) in [6.45, 7) is 4.97. The SMILES string of the molecule is CCNC(C)c1ccc(OC2CCCCC2)c(F)c1. The lowest BCUT2D eigenvalue weighted by Gasteiger charge is -2.23. The summed E-state index contributed by atoms with van der Waals surface area (Å²) in [5.74, 6) is 0.159. The molecule has 19 heavy (non-hydrogen) atoms. The van der Waals surface area contributed by atoms with Crippen LogP contribution >= 0.6 is 0 Å². The number of rotatable bonds is 5. The van der Waals surface area contributed by atoms with Crippen LogP contribution in [0.25, 0.3) is 0 Å². The van der Waals surface area contributed by atoms with Crippen LogP contribution in [0.2, 0.25) is 0 Å². The molecule has 106 valence electrons. The van der Waals surface area contributed by atoms with Crippen LogP contribution in [0, 0.1) is 5.82 Å². The van der Waals surface area contributed by atoms with E-state index in [0.717, 1.165) is 24.9 Å². The second-order valence-electron chi connectivity index (χ2n) is 5.35. The van der Waals surface area contributed by atoms with Crippen LogP contribution in [-0.2, 0) is 0 Å². The van der Waals surface area contributed by atoms with Crippen LogP contribution in [-0.4, -0.2) is 12.6 Å². The zero-order valence-corrected chi connectivity index (χ0v) is 11.9. The van der Waals surface area contributed by atoms with E-state index in [4.69, 9.17) is 4.74 Å². The van der Waals surface area contributed by atoms with Gasteiger partial charge in [0.15, 0.2) is 11.6 Å². The van der Waals surface area contributed by atoms with Crippen molar-refractivity contribution in [1.82, 2.24) is 5.32 Å². The van der Waals surface area contributed by atoms with Crippen molar-refractivity contribution in [2.45, 2.75) is 58.1 Å². The number of ether oxygens (including phenoxy) is 1. The molecule has 1 saturated carbocycles. The molecule has 0 aromatic heterocycles. The van der Waals surface area contributed by atoms with Crippen molar-refractivity contribution < 1.29 is 9.13 Å². The fraction of sp³-hybridized carbons (Fsp3) is 0.625. The van der Waals surface area contributed by atoms with E-state index in [2.05, 4.69) is 5.32 Å². The minimum absolute atomic E-state index is 0.170. The number of hydrogen-bond acceptors (Lipinski definition) is 2. The summed E-state index contributed by atoms with van der Waals surface area (Å²) in [4.78, 5) is 0. The second kappa shape index (κ2) is 6.90. The number of nitrogens with one attached hydrogen (secondary N) is 1. The van der Waals surface area contributed by atoms with Crippen molar-refractivity contribution in [3.05, 3.63) is 29.6 Å². The van der Waals surface area contributed by atoms with Crippen molar-refractivity contribution in [3.63, 3.8) is 0 Å². The smallest absolute Gasteiger partial charge is 0.165 e. The number of hydrogen-bond donors (Lipinski definition) is 1. The van der Waals surface area contributed by atoms with Crippen molar-refractivity contribution in [2.75, 3.05) is 6.54 Å². The highest BCUT2D eigenvalue weighted by Crippen LogP contribution is 2.27. The highest BCUT2D eigenvalue weighted by molar-refractivity contribution is 5.31. The third-order valence-electron chi connectivity index (χ3n) is 3.81. The molecular formula is C16H24FNO. The van der Waals surface area contributed by atoms with Gasteiger partial charge in [0, 0.05) is 6.04 Å². The van der Waals surface area contributed by atoms with E-state index in [0.29, 0.717) is 5.75 Å². The lowest BCUT2D eigenvalue weighted by Crippen LogP contribution is -2.20. The topological polar surface area (TPSA) is 21.3 Å². The van der Waals surface area contributed by atoms with E-state index in [-0.39, 0.29) is 18.0 Å². The molecule has 0 spiro atoms.